The Balaban J connectivity index is 1.73. The van der Waals surface area contributed by atoms with Crippen molar-refractivity contribution >= 4 is 23.2 Å². The summed E-state index contributed by atoms with van der Waals surface area (Å²) in [5, 5.41) is 16.0. The molecule has 0 atom stereocenters. The van der Waals surface area contributed by atoms with Gasteiger partial charge in [-0.3, -0.25) is 9.59 Å². The van der Waals surface area contributed by atoms with Crippen molar-refractivity contribution < 1.29 is 14.7 Å². The van der Waals surface area contributed by atoms with Gasteiger partial charge in [-0.15, -0.1) is 0 Å². The first kappa shape index (κ1) is 13.1. The number of thiophene rings is 1. The van der Waals surface area contributed by atoms with Gasteiger partial charge in [-0.2, -0.15) is 11.3 Å². The summed E-state index contributed by atoms with van der Waals surface area (Å²) in [6, 6.07) is 2.03. The molecule has 0 saturated heterocycles. The van der Waals surface area contributed by atoms with Crippen molar-refractivity contribution in [3.05, 3.63) is 22.4 Å². The summed E-state index contributed by atoms with van der Waals surface area (Å²) in [4.78, 5) is 22.8. The van der Waals surface area contributed by atoms with Gasteiger partial charge >= 0.3 is 5.97 Å². The molecule has 1 heterocycles. The fourth-order valence-corrected chi connectivity index (χ4v) is 2.92. The molecule has 0 aromatic carbocycles. The lowest BCUT2D eigenvalue weighted by Gasteiger charge is -2.36. The van der Waals surface area contributed by atoms with E-state index in [2.05, 4.69) is 10.7 Å². The fourth-order valence-electron chi connectivity index (χ4n) is 2.22. The molecular weight excluding hydrogens is 250 g/mol. The van der Waals surface area contributed by atoms with Crippen molar-refractivity contribution in [1.82, 2.24) is 5.32 Å². The van der Waals surface area contributed by atoms with Gasteiger partial charge in [0.15, 0.2) is 0 Å². The Morgan fingerprint density at radius 2 is 2.22 bits per heavy atom. The Kier molecular flexibility index (Phi) is 4.01. The Labute approximate surface area is 110 Å². The van der Waals surface area contributed by atoms with Gasteiger partial charge in [0.25, 0.3) is 0 Å². The van der Waals surface area contributed by atoms with Crippen molar-refractivity contribution in [3.63, 3.8) is 0 Å². The van der Waals surface area contributed by atoms with Crippen LogP contribution in [0.2, 0.25) is 0 Å². The SMILES string of the molecule is O=C(CC1(C(=O)O)CCC1)NCCc1ccsc1. The van der Waals surface area contributed by atoms with Crippen molar-refractivity contribution in [1.29, 1.82) is 0 Å². The van der Waals surface area contributed by atoms with Gasteiger partial charge < -0.3 is 10.4 Å². The van der Waals surface area contributed by atoms with Crippen LogP contribution in [0.3, 0.4) is 0 Å². The molecule has 0 radical (unpaired) electrons. The number of carbonyl (C=O) groups excluding carboxylic acids is 1. The molecule has 18 heavy (non-hydrogen) atoms. The highest BCUT2D eigenvalue weighted by Gasteiger charge is 2.45. The number of amides is 1. The minimum Gasteiger partial charge on any atom is -0.481 e. The van der Waals surface area contributed by atoms with Gasteiger partial charge in [0.05, 0.1) is 5.41 Å². The Morgan fingerprint density at radius 3 is 2.72 bits per heavy atom. The van der Waals surface area contributed by atoms with Gasteiger partial charge in [0.2, 0.25) is 5.91 Å². The quantitative estimate of drug-likeness (QED) is 0.829. The summed E-state index contributed by atoms with van der Waals surface area (Å²) >= 11 is 1.63. The molecule has 0 unspecified atom stereocenters. The van der Waals surface area contributed by atoms with Crippen LogP contribution in [0.5, 0.6) is 0 Å². The Morgan fingerprint density at radius 1 is 1.44 bits per heavy atom. The average molecular weight is 267 g/mol. The monoisotopic (exact) mass is 267 g/mol. The first-order valence-electron chi connectivity index (χ1n) is 6.14. The summed E-state index contributed by atoms with van der Waals surface area (Å²) in [7, 11) is 0. The lowest BCUT2D eigenvalue weighted by atomic mass is 9.66. The van der Waals surface area contributed by atoms with Crippen LogP contribution < -0.4 is 5.32 Å². The molecule has 1 amide bonds. The minimum atomic E-state index is -0.832. The number of hydrogen-bond donors (Lipinski definition) is 2. The van der Waals surface area contributed by atoms with Crippen LogP contribution in [-0.4, -0.2) is 23.5 Å². The summed E-state index contributed by atoms with van der Waals surface area (Å²) in [6.07, 6.45) is 3.08. The molecule has 2 rings (SSSR count). The molecule has 1 aliphatic rings. The van der Waals surface area contributed by atoms with Crippen LogP contribution in [0, 0.1) is 5.41 Å². The van der Waals surface area contributed by atoms with Gasteiger partial charge in [0.1, 0.15) is 0 Å². The van der Waals surface area contributed by atoms with Gasteiger partial charge in [-0.05, 0) is 41.7 Å². The van der Waals surface area contributed by atoms with Crippen molar-refractivity contribution in [2.24, 2.45) is 5.41 Å². The molecule has 1 fully saturated rings. The Hall–Kier alpha value is -1.36. The van der Waals surface area contributed by atoms with Gasteiger partial charge in [-0.1, -0.05) is 6.42 Å². The lowest BCUT2D eigenvalue weighted by Crippen LogP contribution is -2.42. The highest BCUT2D eigenvalue weighted by Crippen LogP contribution is 2.44. The second kappa shape index (κ2) is 5.52. The normalized spacial score (nSPS) is 16.9. The highest BCUT2D eigenvalue weighted by molar-refractivity contribution is 7.07. The van der Waals surface area contributed by atoms with E-state index in [1.54, 1.807) is 11.3 Å². The second-order valence-electron chi connectivity index (χ2n) is 4.85. The average Bonchev–Trinajstić information content (AvgIpc) is 2.76. The lowest BCUT2D eigenvalue weighted by molar-refractivity contribution is -0.157. The van der Waals surface area contributed by atoms with E-state index in [-0.39, 0.29) is 12.3 Å². The number of carbonyl (C=O) groups is 2. The van der Waals surface area contributed by atoms with Crippen LogP contribution >= 0.6 is 11.3 Å². The van der Waals surface area contributed by atoms with E-state index < -0.39 is 11.4 Å². The van der Waals surface area contributed by atoms with Crippen molar-refractivity contribution in [2.75, 3.05) is 6.54 Å². The molecule has 0 bridgehead atoms. The maximum absolute atomic E-state index is 11.7. The van der Waals surface area contributed by atoms with Crippen LogP contribution in [0.1, 0.15) is 31.2 Å². The molecule has 1 aliphatic carbocycles. The van der Waals surface area contributed by atoms with E-state index in [0.717, 1.165) is 12.8 Å². The van der Waals surface area contributed by atoms with E-state index in [0.29, 0.717) is 19.4 Å². The van der Waals surface area contributed by atoms with Gasteiger partial charge in [0, 0.05) is 13.0 Å². The molecule has 2 N–H and O–H groups in total. The van der Waals surface area contributed by atoms with E-state index >= 15 is 0 Å². The first-order valence-corrected chi connectivity index (χ1v) is 7.08. The van der Waals surface area contributed by atoms with Crippen LogP contribution in [0.15, 0.2) is 16.8 Å². The number of carboxylic acid groups (broad SMARTS) is 1. The molecule has 1 aromatic heterocycles. The van der Waals surface area contributed by atoms with Crippen molar-refractivity contribution in [2.45, 2.75) is 32.1 Å². The molecule has 4 nitrogen and oxygen atoms in total. The molecule has 98 valence electrons. The number of carboxylic acids is 1. The van der Waals surface area contributed by atoms with E-state index in [1.165, 1.54) is 5.56 Å². The standard InChI is InChI=1S/C13H17NO3S/c15-11(8-13(12(16)17)4-1-5-13)14-6-2-10-3-7-18-9-10/h3,7,9H,1-2,4-6,8H2,(H,14,15)(H,16,17). The zero-order chi connectivity index (χ0) is 13.0. The minimum absolute atomic E-state index is 0.117. The topological polar surface area (TPSA) is 66.4 Å². The third-order valence-electron chi connectivity index (χ3n) is 3.58. The first-order chi connectivity index (χ1) is 8.62. The summed E-state index contributed by atoms with van der Waals surface area (Å²) in [5.41, 5.74) is 0.420. The predicted octanol–water partition coefficient (Wildman–Crippen LogP) is 2.05. The summed E-state index contributed by atoms with van der Waals surface area (Å²) in [5.74, 6) is -0.978. The number of nitrogens with one attached hydrogen (secondary N) is 1. The highest BCUT2D eigenvalue weighted by atomic mass is 32.1. The van der Waals surface area contributed by atoms with E-state index in [9.17, 15) is 9.59 Å². The fraction of sp³-hybridized carbons (Fsp3) is 0.538. The zero-order valence-electron chi connectivity index (χ0n) is 10.1. The summed E-state index contributed by atoms with van der Waals surface area (Å²) in [6.45, 7) is 0.575. The number of rotatable bonds is 6. The molecule has 1 saturated carbocycles. The largest absolute Gasteiger partial charge is 0.481 e. The van der Waals surface area contributed by atoms with Crippen LogP contribution in [0.4, 0.5) is 0 Å². The van der Waals surface area contributed by atoms with Gasteiger partial charge in [-0.25, -0.2) is 0 Å². The molecule has 1 aromatic rings. The molecule has 0 aliphatic heterocycles. The van der Waals surface area contributed by atoms with Crippen molar-refractivity contribution in [3.8, 4) is 0 Å². The number of hydrogen-bond acceptors (Lipinski definition) is 3. The summed E-state index contributed by atoms with van der Waals surface area (Å²) < 4.78 is 0. The Bertz CT molecular complexity index is 423. The molecular formula is C13H17NO3S. The third kappa shape index (κ3) is 2.90. The maximum Gasteiger partial charge on any atom is 0.310 e. The predicted molar refractivity (Wildman–Crippen MR) is 69.6 cm³/mol. The van der Waals surface area contributed by atoms with Crippen LogP contribution in [0.25, 0.3) is 0 Å². The van der Waals surface area contributed by atoms with E-state index in [4.69, 9.17) is 5.11 Å². The molecule has 0 spiro atoms. The van der Waals surface area contributed by atoms with Crippen LogP contribution in [-0.2, 0) is 16.0 Å². The maximum atomic E-state index is 11.7. The second-order valence-corrected chi connectivity index (χ2v) is 5.63. The van der Waals surface area contributed by atoms with E-state index in [1.807, 2.05) is 11.4 Å². The smallest absolute Gasteiger partial charge is 0.310 e. The molecule has 5 heteroatoms. The zero-order valence-corrected chi connectivity index (χ0v) is 11.0. The number of aliphatic carboxylic acids is 1. The third-order valence-corrected chi connectivity index (χ3v) is 4.31.